The number of nitrogens with two attached hydrogens (primary N) is 1. The summed E-state index contributed by atoms with van der Waals surface area (Å²) >= 11 is 1.20. The standard InChI is InChI=1S/C10H10N2O3S/c1-2-14-9(13)7-8(16-10(11)12-7)6-4-3-5-15-6/h3-5H,2H2,1H3,(H2,11,12). The molecule has 0 aliphatic heterocycles. The van der Waals surface area contributed by atoms with Crippen molar-refractivity contribution in [2.24, 2.45) is 0 Å². The quantitative estimate of drug-likeness (QED) is 0.829. The van der Waals surface area contributed by atoms with Crippen LogP contribution in [0.3, 0.4) is 0 Å². The summed E-state index contributed by atoms with van der Waals surface area (Å²) in [4.78, 5) is 16.1. The fourth-order valence-corrected chi connectivity index (χ4v) is 2.04. The summed E-state index contributed by atoms with van der Waals surface area (Å²) in [6.07, 6.45) is 1.53. The Balaban J connectivity index is 2.42. The molecule has 6 heteroatoms. The van der Waals surface area contributed by atoms with Gasteiger partial charge in [0.25, 0.3) is 0 Å². The molecule has 0 spiro atoms. The van der Waals surface area contributed by atoms with Gasteiger partial charge in [0.1, 0.15) is 10.6 Å². The number of esters is 1. The van der Waals surface area contributed by atoms with Crippen LogP contribution in [0.4, 0.5) is 5.13 Å². The monoisotopic (exact) mass is 238 g/mol. The Morgan fingerprint density at radius 1 is 1.69 bits per heavy atom. The van der Waals surface area contributed by atoms with Crippen molar-refractivity contribution in [3.63, 3.8) is 0 Å². The Hall–Kier alpha value is -1.82. The van der Waals surface area contributed by atoms with Crippen molar-refractivity contribution >= 4 is 22.4 Å². The number of ether oxygens (including phenoxy) is 1. The summed E-state index contributed by atoms with van der Waals surface area (Å²) < 4.78 is 10.1. The highest BCUT2D eigenvalue weighted by atomic mass is 32.1. The third-order valence-corrected chi connectivity index (χ3v) is 2.76. The third kappa shape index (κ3) is 1.92. The molecule has 5 nitrogen and oxygen atoms in total. The molecule has 16 heavy (non-hydrogen) atoms. The summed E-state index contributed by atoms with van der Waals surface area (Å²) in [5.41, 5.74) is 5.79. The van der Waals surface area contributed by atoms with Gasteiger partial charge in [0, 0.05) is 0 Å². The third-order valence-electron chi connectivity index (χ3n) is 1.86. The average molecular weight is 238 g/mol. The molecule has 2 N–H and O–H groups in total. The molecule has 0 atom stereocenters. The van der Waals surface area contributed by atoms with E-state index in [9.17, 15) is 4.79 Å². The first kappa shape index (κ1) is 10.7. The van der Waals surface area contributed by atoms with Crippen molar-refractivity contribution in [3.05, 3.63) is 24.1 Å². The van der Waals surface area contributed by atoms with Crippen molar-refractivity contribution in [2.45, 2.75) is 6.92 Å². The van der Waals surface area contributed by atoms with E-state index in [4.69, 9.17) is 14.9 Å². The van der Waals surface area contributed by atoms with E-state index in [2.05, 4.69) is 4.98 Å². The van der Waals surface area contributed by atoms with Crippen LogP contribution in [0, 0.1) is 0 Å². The number of hydrogen-bond acceptors (Lipinski definition) is 6. The zero-order valence-electron chi connectivity index (χ0n) is 8.60. The van der Waals surface area contributed by atoms with Gasteiger partial charge in [-0.2, -0.15) is 0 Å². The highest BCUT2D eigenvalue weighted by Gasteiger charge is 2.21. The summed E-state index contributed by atoms with van der Waals surface area (Å²) in [6.45, 7) is 2.04. The first-order chi connectivity index (χ1) is 7.72. The molecular weight excluding hydrogens is 228 g/mol. The van der Waals surface area contributed by atoms with E-state index < -0.39 is 5.97 Å². The number of carbonyl (C=O) groups is 1. The van der Waals surface area contributed by atoms with E-state index in [0.29, 0.717) is 22.4 Å². The van der Waals surface area contributed by atoms with Gasteiger partial charge in [-0.25, -0.2) is 9.78 Å². The van der Waals surface area contributed by atoms with Crippen LogP contribution in [-0.4, -0.2) is 17.6 Å². The molecule has 0 aliphatic rings. The van der Waals surface area contributed by atoms with Crippen LogP contribution in [0.25, 0.3) is 10.6 Å². The van der Waals surface area contributed by atoms with Crippen LogP contribution >= 0.6 is 11.3 Å². The maximum absolute atomic E-state index is 11.6. The molecule has 0 bridgehead atoms. The number of anilines is 1. The Morgan fingerprint density at radius 3 is 3.12 bits per heavy atom. The van der Waals surface area contributed by atoms with Gasteiger partial charge < -0.3 is 14.9 Å². The van der Waals surface area contributed by atoms with Gasteiger partial charge in [-0.1, -0.05) is 11.3 Å². The lowest BCUT2D eigenvalue weighted by atomic mass is 10.3. The van der Waals surface area contributed by atoms with Crippen LogP contribution < -0.4 is 5.73 Å². The molecule has 0 radical (unpaired) electrons. The van der Waals surface area contributed by atoms with Gasteiger partial charge in [-0.05, 0) is 19.1 Å². The first-order valence-electron chi connectivity index (χ1n) is 4.69. The van der Waals surface area contributed by atoms with E-state index in [-0.39, 0.29) is 5.69 Å². The van der Waals surface area contributed by atoms with Gasteiger partial charge in [0.2, 0.25) is 0 Å². The van der Waals surface area contributed by atoms with E-state index in [1.165, 1.54) is 17.6 Å². The van der Waals surface area contributed by atoms with Crippen molar-refractivity contribution in [3.8, 4) is 10.6 Å². The SMILES string of the molecule is CCOC(=O)c1nc(N)sc1-c1ccco1. The highest BCUT2D eigenvalue weighted by Crippen LogP contribution is 2.32. The minimum atomic E-state index is -0.484. The number of thiazole rings is 1. The molecule has 0 saturated carbocycles. The Kier molecular flexibility index (Phi) is 2.91. The zero-order chi connectivity index (χ0) is 11.5. The molecule has 2 heterocycles. The molecule has 2 aromatic rings. The van der Waals surface area contributed by atoms with Crippen molar-refractivity contribution in [1.29, 1.82) is 0 Å². The summed E-state index contributed by atoms with van der Waals surface area (Å²) in [7, 11) is 0. The van der Waals surface area contributed by atoms with Gasteiger partial charge >= 0.3 is 5.97 Å². The maximum atomic E-state index is 11.6. The van der Waals surface area contributed by atoms with Crippen molar-refractivity contribution < 1.29 is 13.9 Å². The number of hydrogen-bond donors (Lipinski definition) is 1. The predicted molar refractivity (Wildman–Crippen MR) is 60.2 cm³/mol. The lowest BCUT2D eigenvalue weighted by Crippen LogP contribution is -2.06. The average Bonchev–Trinajstić information content (AvgIpc) is 2.85. The minimum absolute atomic E-state index is 0.208. The zero-order valence-corrected chi connectivity index (χ0v) is 9.41. The van der Waals surface area contributed by atoms with Crippen LogP contribution in [0.1, 0.15) is 17.4 Å². The maximum Gasteiger partial charge on any atom is 0.358 e. The number of nitrogen functional groups attached to an aromatic ring is 1. The van der Waals surface area contributed by atoms with Crippen LogP contribution in [-0.2, 0) is 4.74 Å². The molecule has 2 rings (SSSR count). The Bertz CT molecular complexity index is 490. The molecular formula is C10H10N2O3S. The van der Waals surface area contributed by atoms with Crippen LogP contribution in [0.2, 0.25) is 0 Å². The van der Waals surface area contributed by atoms with E-state index in [1.54, 1.807) is 19.1 Å². The van der Waals surface area contributed by atoms with Crippen LogP contribution in [0.15, 0.2) is 22.8 Å². The van der Waals surface area contributed by atoms with Crippen molar-refractivity contribution in [1.82, 2.24) is 4.98 Å². The summed E-state index contributed by atoms with van der Waals surface area (Å²) in [5, 5.41) is 0.314. The van der Waals surface area contributed by atoms with Gasteiger partial charge in [-0.15, -0.1) is 0 Å². The largest absolute Gasteiger partial charge is 0.463 e. The summed E-state index contributed by atoms with van der Waals surface area (Å²) in [6, 6.07) is 3.48. The summed E-state index contributed by atoms with van der Waals surface area (Å²) in [5.74, 6) is 0.0825. The van der Waals surface area contributed by atoms with Gasteiger partial charge in [0.05, 0.1) is 12.9 Å². The molecule has 0 aliphatic carbocycles. The lowest BCUT2D eigenvalue weighted by Gasteiger charge is -1.99. The number of furan rings is 1. The Morgan fingerprint density at radius 2 is 2.50 bits per heavy atom. The molecule has 0 aromatic carbocycles. The van der Waals surface area contributed by atoms with E-state index in [0.717, 1.165) is 0 Å². The van der Waals surface area contributed by atoms with E-state index in [1.807, 2.05) is 0 Å². The molecule has 0 fully saturated rings. The number of aromatic nitrogens is 1. The van der Waals surface area contributed by atoms with Gasteiger partial charge in [0.15, 0.2) is 10.8 Å². The predicted octanol–water partition coefficient (Wildman–Crippen LogP) is 2.16. The van der Waals surface area contributed by atoms with E-state index >= 15 is 0 Å². The lowest BCUT2D eigenvalue weighted by molar-refractivity contribution is 0.0521. The molecule has 0 amide bonds. The fourth-order valence-electron chi connectivity index (χ4n) is 1.25. The molecule has 84 valence electrons. The van der Waals surface area contributed by atoms with Crippen LogP contribution in [0.5, 0.6) is 0 Å². The number of carbonyl (C=O) groups excluding carboxylic acids is 1. The molecule has 0 saturated heterocycles. The normalized spacial score (nSPS) is 10.3. The second kappa shape index (κ2) is 4.36. The highest BCUT2D eigenvalue weighted by molar-refractivity contribution is 7.19. The van der Waals surface area contributed by atoms with Crippen molar-refractivity contribution in [2.75, 3.05) is 12.3 Å². The smallest absolute Gasteiger partial charge is 0.358 e. The second-order valence-electron chi connectivity index (χ2n) is 2.93. The fraction of sp³-hybridized carbons (Fsp3) is 0.200. The topological polar surface area (TPSA) is 78.3 Å². The first-order valence-corrected chi connectivity index (χ1v) is 5.51. The molecule has 2 aromatic heterocycles. The minimum Gasteiger partial charge on any atom is -0.463 e. The second-order valence-corrected chi connectivity index (χ2v) is 3.96. The molecule has 0 unspecified atom stereocenters. The number of rotatable bonds is 3. The number of nitrogens with zero attached hydrogens (tertiary/aromatic N) is 1. The van der Waals surface area contributed by atoms with Gasteiger partial charge in [-0.3, -0.25) is 0 Å². The Labute approximate surface area is 95.9 Å².